The number of carbonyl (C=O) groups is 2. The highest BCUT2D eigenvalue weighted by atomic mass is 16.6. The molecule has 0 radical (unpaired) electrons. The second kappa shape index (κ2) is 5.55. The fourth-order valence-electron chi connectivity index (χ4n) is 0.900. The molecule has 1 atom stereocenters. The van der Waals surface area contributed by atoms with Crippen LogP contribution in [-0.4, -0.2) is 37.3 Å². The van der Waals surface area contributed by atoms with Gasteiger partial charge in [-0.2, -0.15) is 0 Å². The first kappa shape index (κ1) is 13.7. The maximum atomic E-state index is 11.2. The molecule has 3 N–H and O–H groups in total. The van der Waals surface area contributed by atoms with Crippen molar-refractivity contribution in [2.75, 3.05) is 13.6 Å². The van der Waals surface area contributed by atoms with Crippen LogP contribution in [0.5, 0.6) is 0 Å². The van der Waals surface area contributed by atoms with Gasteiger partial charge in [0, 0.05) is 0 Å². The first-order valence-electron chi connectivity index (χ1n) is 4.74. The minimum Gasteiger partial charge on any atom is -0.548 e. The van der Waals surface area contributed by atoms with E-state index >= 15 is 0 Å². The number of nitrogens with two attached hydrogens (primary N) is 1. The Morgan fingerprint density at radius 3 is 2.33 bits per heavy atom. The Morgan fingerprint density at radius 2 is 2.00 bits per heavy atom. The summed E-state index contributed by atoms with van der Waals surface area (Å²) in [6, 6.07) is -1.04. The van der Waals surface area contributed by atoms with E-state index in [1.807, 2.05) is 0 Å². The molecule has 1 amide bonds. The van der Waals surface area contributed by atoms with Crippen LogP contribution in [0, 0.1) is 0 Å². The quantitative estimate of drug-likeness (QED) is 0.561. The van der Waals surface area contributed by atoms with Gasteiger partial charge in [-0.3, -0.25) is 0 Å². The van der Waals surface area contributed by atoms with Crippen molar-refractivity contribution in [3.63, 3.8) is 0 Å². The molecule has 0 saturated carbocycles. The Bertz CT molecular complexity index is 235. The molecule has 0 fully saturated rings. The van der Waals surface area contributed by atoms with Crippen LogP contribution in [0.1, 0.15) is 20.8 Å². The monoisotopic (exact) mass is 218 g/mol. The number of hydrogen-bond donors (Lipinski definition) is 2. The molecule has 0 spiro atoms. The highest BCUT2D eigenvalue weighted by Crippen LogP contribution is 2.06. The lowest BCUT2D eigenvalue weighted by atomic mass is 10.2. The molecule has 0 aliphatic carbocycles. The van der Waals surface area contributed by atoms with Gasteiger partial charge in [-0.15, -0.1) is 0 Å². The molecular weight excluding hydrogens is 200 g/mol. The second-order valence-corrected chi connectivity index (χ2v) is 4.16. The Hall–Kier alpha value is -1.30. The molecule has 0 rings (SSSR count). The van der Waals surface area contributed by atoms with Gasteiger partial charge in [-0.05, 0) is 20.8 Å². The number of nitrogens with one attached hydrogen (secondary N) is 1. The lowest BCUT2D eigenvalue weighted by Gasteiger charge is -2.23. The standard InChI is InChI=1S/C9H18N2O4/c1-9(2,3)15-8(14)11-6(5-10-4)7(12)13/h6,10H,5H2,1-4H3,(H,11,14)(H,12,13)/t6-/m1/s1. The summed E-state index contributed by atoms with van der Waals surface area (Å²) in [6.07, 6.45) is -0.751. The van der Waals surface area contributed by atoms with E-state index in [2.05, 4.69) is 5.32 Å². The highest BCUT2D eigenvalue weighted by molar-refractivity contribution is 5.78. The summed E-state index contributed by atoms with van der Waals surface area (Å²) in [7, 11) is 1.70. The molecule has 0 bridgehead atoms. The largest absolute Gasteiger partial charge is 0.548 e. The molecule has 6 heteroatoms. The topological polar surface area (TPSA) is 95.1 Å². The normalized spacial score (nSPS) is 13.1. The van der Waals surface area contributed by atoms with Gasteiger partial charge >= 0.3 is 6.09 Å². The molecule has 6 nitrogen and oxygen atoms in total. The zero-order valence-electron chi connectivity index (χ0n) is 9.49. The van der Waals surface area contributed by atoms with Gasteiger partial charge in [-0.25, -0.2) is 4.79 Å². The highest BCUT2D eigenvalue weighted by Gasteiger charge is 2.20. The van der Waals surface area contributed by atoms with Crippen LogP contribution in [0.25, 0.3) is 0 Å². The van der Waals surface area contributed by atoms with Crippen LogP contribution >= 0.6 is 0 Å². The number of likely N-dealkylation sites (N-methyl/N-ethyl adjacent to an activating group) is 1. The third-order valence-electron chi connectivity index (χ3n) is 1.45. The van der Waals surface area contributed by atoms with E-state index in [-0.39, 0.29) is 6.54 Å². The number of alkyl carbamates (subject to hydrolysis) is 1. The van der Waals surface area contributed by atoms with E-state index in [9.17, 15) is 14.7 Å². The zero-order chi connectivity index (χ0) is 12.1. The lowest BCUT2D eigenvalue weighted by molar-refractivity contribution is -0.628. The molecule has 88 valence electrons. The molecule has 0 aliphatic rings. The van der Waals surface area contributed by atoms with Crippen molar-refractivity contribution >= 4 is 12.1 Å². The summed E-state index contributed by atoms with van der Waals surface area (Å²) < 4.78 is 4.91. The smallest absolute Gasteiger partial charge is 0.408 e. The Morgan fingerprint density at radius 1 is 1.47 bits per heavy atom. The molecular formula is C9H18N2O4. The molecule has 15 heavy (non-hydrogen) atoms. The third kappa shape index (κ3) is 6.73. The van der Waals surface area contributed by atoms with Crippen molar-refractivity contribution in [3.8, 4) is 0 Å². The lowest BCUT2D eigenvalue weighted by Crippen LogP contribution is -2.84. The second-order valence-electron chi connectivity index (χ2n) is 4.16. The number of aliphatic carboxylic acids is 1. The zero-order valence-corrected chi connectivity index (χ0v) is 9.49. The predicted octanol–water partition coefficient (Wildman–Crippen LogP) is -2.18. The van der Waals surface area contributed by atoms with Gasteiger partial charge in [0.25, 0.3) is 0 Å². The average Bonchev–Trinajstić information content (AvgIpc) is 1.99. The molecule has 0 saturated heterocycles. The molecule has 0 unspecified atom stereocenters. The van der Waals surface area contributed by atoms with Crippen molar-refractivity contribution in [2.45, 2.75) is 32.4 Å². The maximum Gasteiger partial charge on any atom is 0.408 e. The minimum absolute atomic E-state index is 0.210. The summed E-state index contributed by atoms with van der Waals surface area (Å²) in [5.74, 6) is -1.32. The van der Waals surface area contributed by atoms with Crippen LogP contribution in [-0.2, 0) is 9.53 Å². The fourth-order valence-corrected chi connectivity index (χ4v) is 0.900. The van der Waals surface area contributed by atoms with E-state index < -0.39 is 23.7 Å². The van der Waals surface area contributed by atoms with Gasteiger partial charge < -0.3 is 25.3 Å². The summed E-state index contributed by atoms with van der Waals surface area (Å²) in [5, 5.41) is 14.4. The number of carbonyl (C=O) groups excluding carboxylic acids is 2. The van der Waals surface area contributed by atoms with Gasteiger partial charge in [0.15, 0.2) is 0 Å². The average molecular weight is 218 g/mol. The summed E-state index contributed by atoms with van der Waals surface area (Å²) in [6.45, 7) is 5.31. The van der Waals surface area contributed by atoms with Crippen LogP contribution in [0.4, 0.5) is 4.79 Å². The SMILES string of the molecule is C[NH2+]C[C@@H](NC(=O)OC(C)(C)C)C(=O)[O-]. The van der Waals surface area contributed by atoms with E-state index in [1.54, 1.807) is 33.1 Å². The molecule has 0 aliphatic heterocycles. The van der Waals surface area contributed by atoms with Gasteiger partial charge in [0.1, 0.15) is 18.2 Å². The Balaban J connectivity index is 4.18. The number of ether oxygens (including phenoxy) is 1. The van der Waals surface area contributed by atoms with Crippen LogP contribution in [0.2, 0.25) is 0 Å². The number of amides is 1. The summed E-state index contributed by atoms with van der Waals surface area (Å²) in [4.78, 5) is 21.8. The Labute approximate surface area is 89.0 Å². The summed E-state index contributed by atoms with van der Waals surface area (Å²) in [5.41, 5.74) is -0.642. The van der Waals surface area contributed by atoms with Crippen LogP contribution < -0.4 is 15.7 Å². The van der Waals surface area contributed by atoms with Crippen LogP contribution in [0.3, 0.4) is 0 Å². The number of carboxylic acid groups (broad SMARTS) is 1. The first-order chi connectivity index (χ1) is 6.76. The van der Waals surface area contributed by atoms with E-state index in [0.717, 1.165) is 0 Å². The van der Waals surface area contributed by atoms with E-state index in [4.69, 9.17) is 4.74 Å². The predicted molar refractivity (Wildman–Crippen MR) is 50.9 cm³/mol. The molecule has 0 aromatic carbocycles. The van der Waals surface area contributed by atoms with Crippen molar-refractivity contribution in [3.05, 3.63) is 0 Å². The molecule has 0 aromatic heterocycles. The van der Waals surface area contributed by atoms with E-state index in [0.29, 0.717) is 0 Å². The van der Waals surface area contributed by atoms with Crippen LogP contribution in [0.15, 0.2) is 0 Å². The Kier molecular flexibility index (Phi) is 5.07. The van der Waals surface area contributed by atoms with Gasteiger partial charge in [0.05, 0.1) is 13.0 Å². The van der Waals surface area contributed by atoms with Gasteiger partial charge in [-0.1, -0.05) is 0 Å². The number of quaternary nitrogens is 1. The van der Waals surface area contributed by atoms with E-state index in [1.165, 1.54) is 0 Å². The molecule has 0 heterocycles. The fraction of sp³-hybridized carbons (Fsp3) is 0.778. The maximum absolute atomic E-state index is 11.2. The number of hydrogen-bond acceptors (Lipinski definition) is 4. The van der Waals surface area contributed by atoms with Crippen molar-refractivity contribution in [2.24, 2.45) is 0 Å². The number of rotatable bonds is 4. The van der Waals surface area contributed by atoms with Crippen molar-refractivity contribution < 1.29 is 24.7 Å². The van der Waals surface area contributed by atoms with Gasteiger partial charge in [0.2, 0.25) is 0 Å². The minimum atomic E-state index is -1.32. The third-order valence-corrected chi connectivity index (χ3v) is 1.45. The number of carboxylic acids is 1. The molecule has 0 aromatic rings. The summed E-state index contributed by atoms with van der Waals surface area (Å²) >= 11 is 0. The first-order valence-corrected chi connectivity index (χ1v) is 4.74. The van der Waals surface area contributed by atoms with Crippen molar-refractivity contribution in [1.82, 2.24) is 5.32 Å². The van der Waals surface area contributed by atoms with Crippen molar-refractivity contribution in [1.29, 1.82) is 0 Å².